The van der Waals surface area contributed by atoms with E-state index in [1.807, 2.05) is 23.7 Å². The first-order chi connectivity index (χ1) is 10.1. The highest BCUT2D eigenvalue weighted by molar-refractivity contribution is 9.10. The van der Waals surface area contributed by atoms with Gasteiger partial charge in [-0.25, -0.2) is 4.39 Å². The number of nitrogens with zero attached hydrogens (tertiary/aromatic N) is 2. The van der Waals surface area contributed by atoms with Gasteiger partial charge in [0.1, 0.15) is 5.82 Å². The molecule has 0 aliphatic rings. The Morgan fingerprint density at radius 1 is 1.38 bits per heavy atom. The quantitative estimate of drug-likeness (QED) is 0.618. The van der Waals surface area contributed by atoms with E-state index >= 15 is 0 Å². The number of aromatic nitrogens is 2. The van der Waals surface area contributed by atoms with Crippen LogP contribution in [0.1, 0.15) is 36.8 Å². The van der Waals surface area contributed by atoms with Gasteiger partial charge in [0, 0.05) is 11.0 Å². The van der Waals surface area contributed by atoms with Gasteiger partial charge in [-0.1, -0.05) is 28.9 Å². The second kappa shape index (κ2) is 7.15. The number of hydrogen-bond acceptors (Lipinski definition) is 3. The predicted octanol–water partition coefficient (Wildman–Crippen LogP) is 3.11. The van der Waals surface area contributed by atoms with Gasteiger partial charge in [-0.2, -0.15) is 5.10 Å². The van der Waals surface area contributed by atoms with Gasteiger partial charge >= 0.3 is 0 Å². The molecule has 3 N–H and O–H groups in total. The summed E-state index contributed by atoms with van der Waals surface area (Å²) >= 11 is 3.27. The van der Waals surface area contributed by atoms with Gasteiger partial charge in [0.05, 0.1) is 17.4 Å². The normalized spacial score (nSPS) is 12.6. The Morgan fingerprint density at radius 3 is 2.71 bits per heavy atom. The van der Waals surface area contributed by atoms with E-state index in [1.54, 1.807) is 6.07 Å². The van der Waals surface area contributed by atoms with Gasteiger partial charge in [0.25, 0.3) is 0 Å². The molecule has 1 aromatic carbocycles. The highest BCUT2D eigenvalue weighted by Crippen LogP contribution is 2.23. The highest BCUT2D eigenvalue weighted by Gasteiger charge is 2.18. The van der Waals surface area contributed by atoms with E-state index in [2.05, 4.69) is 33.4 Å². The minimum absolute atomic E-state index is 0.173. The van der Waals surface area contributed by atoms with Crippen molar-refractivity contribution < 1.29 is 4.39 Å². The molecule has 0 spiro atoms. The lowest BCUT2D eigenvalue weighted by atomic mass is 10.0. The number of aryl methyl sites for hydroxylation is 2. The van der Waals surface area contributed by atoms with Gasteiger partial charge in [0.15, 0.2) is 0 Å². The SMILES string of the molecule is CCc1cc(C(Cc2ccc(Br)cc2F)NN)n(CC)n1. The molecule has 1 heterocycles. The third-order valence-electron chi connectivity index (χ3n) is 3.52. The molecule has 0 radical (unpaired) electrons. The number of rotatable bonds is 6. The maximum Gasteiger partial charge on any atom is 0.127 e. The van der Waals surface area contributed by atoms with Gasteiger partial charge < -0.3 is 0 Å². The van der Waals surface area contributed by atoms with Crippen LogP contribution in [-0.4, -0.2) is 9.78 Å². The van der Waals surface area contributed by atoms with Crippen LogP contribution in [0.3, 0.4) is 0 Å². The van der Waals surface area contributed by atoms with Crippen molar-refractivity contribution >= 4 is 15.9 Å². The lowest BCUT2D eigenvalue weighted by molar-refractivity contribution is 0.480. The van der Waals surface area contributed by atoms with Crippen LogP contribution >= 0.6 is 15.9 Å². The molecule has 1 atom stereocenters. The van der Waals surface area contributed by atoms with Crippen LogP contribution in [0, 0.1) is 5.82 Å². The van der Waals surface area contributed by atoms with Gasteiger partial charge in [-0.3, -0.25) is 16.0 Å². The summed E-state index contributed by atoms with van der Waals surface area (Å²) in [6.45, 7) is 4.85. The average molecular weight is 355 g/mol. The van der Waals surface area contributed by atoms with Crippen molar-refractivity contribution in [3.05, 3.63) is 51.5 Å². The molecule has 2 aromatic rings. The number of nitrogens with one attached hydrogen (secondary N) is 1. The molecular formula is C15H20BrFN4. The minimum atomic E-state index is -0.233. The second-order valence-electron chi connectivity index (χ2n) is 4.89. The lowest BCUT2D eigenvalue weighted by Gasteiger charge is -2.17. The van der Waals surface area contributed by atoms with E-state index in [0.29, 0.717) is 12.0 Å². The van der Waals surface area contributed by atoms with Crippen LogP contribution in [0.2, 0.25) is 0 Å². The zero-order chi connectivity index (χ0) is 15.4. The predicted molar refractivity (Wildman–Crippen MR) is 85.1 cm³/mol. The fourth-order valence-electron chi connectivity index (χ4n) is 2.35. The summed E-state index contributed by atoms with van der Waals surface area (Å²) in [6, 6.07) is 6.94. The Bertz CT molecular complexity index is 612. The maximum atomic E-state index is 14.0. The summed E-state index contributed by atoms with van der Waals surface area (Å²) in [6.07, 6.45) is 1.34. The molecule has 4 nitrogen and oxygen atoms in total. The summed E-state index contributed by atoms with van der Waals surface area (Å²) in [7, 11) is 0. The topological polar surface area (TPSA) is 55.9 Å². The first-order valence-corrected chi connectivity index (χ1v) is 7.85. The molecule has 0 bridgehead atoms. The molecule has 0 aliphatic carbocycles. The molecule has 2 rings (SSSR count). The minimum Gasteiger partial charge on any atom is -0.271 e. The number of hydrogen-bond donors (Lipinski definition) is 2. The number of halogens is 2. The Morgan fingerprint density at radius 2 is 2.14 bits per heavy atom. The van der Waals surface area contributed by atoms with Crippen molar-refractivity contribution in [2.45, 2.75) is 39.3 Å². The van der Waals surface area contributed by atoms with E-state index < -0.39 is 0 Å². The van der Waals surface area contributed by atoms with Crippen LogP contribution in [0.5, 0.6) is 0 Å². The molecule has 21 heavy (non-hydrogen) atoms. The fraction of sp³-hybridized carbons (Fsp3) is 0.400. The van der Waals surface area contributed by atoms with Gasteiger partial charge in [-0.15, -0.1) is 0 Å². The van der Waals surface area contributed by atoms with Crippen molar-refractivity contribution in [2.24, 2.45) is 5.84 Å². The lowest BCUT2D eigenvalue weighted by Crippen LogP contribution is -2.31. The zero-order valence-electron chi connectivity index (χ0n) is 12.2. The summed E-state index contributed by atoms with van der Waals surface area (Å²) in [5.41, 5.74) is 5.41. The van der Waals surface area contributed by atoms with Crippen molar-refractivity contribution in [3.8, 4) is 0 Å². The molecule has 0 saturated carbocycles. The van der Waals surface area contributed by atoms with E-state index in [1.165, 1.54) is 6.07 Å². The first-order valence-electron chi connectivity index (χ1n) is 7.05. The summed E-state index contributed by atoms with van der Waals surface area (Å²) in [5.74, 6) is 5.45. The molecule has 114 valence electrons. The molecule has 0 amide bonds. The summed E-state index contributed by atoms with van der Waals surface area (Å²) < 4.78 is 16.6. The monoisotopic (exact) mass is 354 g/mol. The summed E-state index contributed by atoms with van der Waals surface area (Å²) in [5, 5.41) is 4.51. The molecule has 0 saturated heterocycles. The Kier molecular flexibility index (Phi) is 5.50. The molecule has 0 aliphatic heterocycles. The van der Waals surface area contributed by atoms with Crippen molar-refractivity contribution in [1.29, 1.82) is 0 Å². The first kappa shape index (κ1) is 16.1. The smallest absolute Gasteiger partial charge is 0.127 e. The van der Waals surface area contributed by atoms with Crippen LogP contribution in [0.4, 0.5) is 4.39 Å². The number of benzene rings is 1. The van der Waals surface area contributed by atoms with Crippen molar-refractivity contribution in [3.63, 3.8) is 0 Å². The summed E-state index contributed by atoms with van der Waals surface area (Å²) in [4.78, 5) is 0. The molecule has 1 aromatic heterocycles. The maximum absolute atomic E-state index is 14.0. The average Bonchev–Trinajstić information content (AvgIpc) is 2.90. The van der Waals surface area contributed by atoms with Crippen LogP contribution in [0.15, 0.2) is 28.7 Å². The van der Waals surface area contributed by atoms with Gasteiger partial charge in [0.2, 0.25) is 0 Å². The fourth-order valence-corrected chi connectivity index (χ4v) is 2.68. The third kappa shape index (κ3) is 3.70. The van der Waals surface area contributed by atoms with Crippen molar-refractivity contribution in [1.82, 2.24) is 15.2 Å². The van der Waals surface area contributed by atoms with E-state index in [0.717, 1.165) is 28.8 Å². The van der Waals surface area contributed by atoms with E-state index in [9.17, 15) is 4.39 Å². The zero-order valence-corrected chi connectivity index (χ0v) is 13.8. The standard InChI is InChI=1S/C15H20BrFN4/c1-3-12-9-15(21(4-2)20-12)14(19-18)7-10-5-6-11(16)8-13(10)17/h5-6,8-9,14,19H,3-4,7,18H2,1-2H3. The second-order valence-corrected chi connectivity index (χ2v) is 5.80. The van der Waals surface area contributed by atoms with Crippen LogP contribution < -0.4 is 11.3 Å². The van der Waals surface area contributed by atoms with E-state index in [-0.39, 0.29) is 11.9 Å². The van der Waals surface area contributed by atoms with Gasteiger partial charge in [-0.05, 0) is 43.5 Å². The van der Waals surface area contributed by atoms with E-state index in [4.69, 9.17) is 5.84 Å². The van der Waals surface area contributed by atoms with Crippen molar-refractivity contribution in [2.75, 3.05) is 0 Å². The van der Waals surface area contributed by atoms with Crippen LogP contribution in [0.25, 0.3) is 0 Å². The molecular weight excluding hydrogens is 335 g/mol. The Hall–Kier alpha value is -1.24. The number of hydrazine groups is 1. The largest absolute Gasteiger partial charge is 0.271 e. The molecule has 1 unspecified atom stereocenters. The molecule has 6 heteroatoms. The Balaban J connectivity index is 2.29. The number of nitrogens with two attached hydrogens (primary N) is 1. The Labute approximate surface area is 132 Å². The third-order valence-corrected chi connectivity index (χ3v) is 4.01. The van der Waals surface area contributed by atoms with Crippen LogP contribution in [-0.2, 0) is 19.4 Å². The molecule has 0 fully saturated rings. The highest BCUT2D eigenvalue weighted by atomic mass is 79.9.